The van der Waals surface area contributed by atoms with Crippen molar-refractivity contribution < 1.29 is 22.7 Å². The van der Waals surface area contributed by atoms with Crippen LogP contribution in [0.5, 0.6) is 0 Å². The molecule has 1 amide bonds. The molecule has 1 aliphatic rings. The normalized spacial score (nSPS) is 16.9. The minimum absolute atomic E-state index is 0.245. The largest absolute Gasteiger partial charge is 0.416 e. The maximum atomic E-state index is 13.1. The van der Waals surface area contributed by atoms with Gasteiger partial charge in [-0.3, -0.25) is 4.79 Å². The molecule has 0 spiro atoms. The average molecular weight is 398 g/mol. The van der Waals surface area contributed by atoms with Gasteiger partial charge >= 0.3 is 6.18 Å². The smallest absolute Gasteiger partial charge is 0.381 e. The topological polar surface area (TPSA) is 51.2 Å². The first kappa shape index (κ1) is 19.8. The standard InChI is InChI=1S/C19H21F3N2O2S/c1-2-16-23-11-15(27-16)17(25)24-12-18(6-8-26-9-7-18)13-4-3-5-14(10-13)19(20,21)22/h3-5,10-11H,2,6-9,12H2,1H3,(H,24,25). The predicted molar refractivity (Wildman–Crippen MR) is 97.0 cm³/mol. The van der Waals surface area contributed by atoms with E-state index in [9.17, 15) is 18.0 Å². The predicted octanol–water partition coefficient (Wildman–Crippen LogP) is 4.20. The van der Waals surface area contributed by atoms with E-state index in [4.69, 9.17) is 4.74 Å². The van der Waals surface area contributed by atoms with Crippen molar-refractivity contribution in [1.29, 1.82) is 0 Å². The number of hydrogen-bond donors (Lipinski definition) is 1. The van der Waals surface area contributed by atoms with Crippen molar-refractivity contribution in [2.24, 2.45) is 0 Å². The molecule has 2 heterocycles. The van der Waals surface area contributed by atoms with Crippen LogP contribution in [-0.2, 0) is 22.7 Å². The van der Waals surface area contributed by atoms with Crippen molar-refractivity contribution in [1.82, 2.24) is 10.3 Å². The molecule has 1 aromatic carbocycles. The molecule has 1 fully saturated rings. The Morgan fingerprint density at radius 1 is 1.33 bits per heavy atom. The zero-order valence-electron chi connectivity index (χ0n) is 14.9. The molecule has 1 aliphatic heterocycles. The lowest BCUT2D eigenvalue weighted by Gasteiger charge is -2.38. The molecule has 0 unspecified atom stereocenters. The van der Waals surface area contributed by atoms with Crippen LogP contribution in [0.4, 0.5) is 13.2 Å². The van der Waals surface area contributed by atoms with Crippen molar-refractivity contribution in [2.45, 2.75) is 37.8 Å². The van der Waals surface area contributed by atoms with Crippen LogP contribution in [0.3, 0.4) is 0 Å². The lowest BCUT2D eigenvalue weighted by molar-refractivity contribution is -0.137. The van der Waals surface area contributed by atoms with E-state index in [2.05, 4.69) is 10.3 Å². The van der Waals surface area contributed by atoms with Crippen LogP contribution in [0, 0.1) is 0 Å². The van der Waals surface area contributed by atoms with Gasteiger partial charge in [-0.25, -0.2) is 4.98 Å². The second kappa shape index (κ2) is 7.98. The van der Waals surface area contributed by atoms with Crippen molar-refractivity contribution in [3.63, 3.8) is 0 Å². The van der Waals surface area contributed by atoms with Crippen LogP contribution in [0.2, 0.25) is 0 Å². The molecule has 0 bridgehead atoms. The molecule has 1 saturated heterocycles. The third-order valence-corrected chi connectivity index (χ3v) is 6.06. The van der Waals surface area contributed by atoms with Crippen LogP contribution < -0.4 is 5.32 Å². The summed E-state index contributed by atoms with van der Waals surface area (Å²) in [6.45, 7) is 3.13. The third kappa shape index (κ3) is 4.50. The zero-order valence-corrected chi connectivity index (χ0v) is 15.8. The van der Waals surface area contributed by atoms with E-state index >= 15 is 0 Å². The Morgan fingerprint density at radius 3 is 2.70 bits per heavy atom. The molecule has 3 rings (SSSR count). The van der Waals surface area contributed by atoms with Gasteiger partial charge in [0.15, 0.2) is 0 Å². The van der Waals surface area contributed by atoms with E-state index in [-0.39, 0.29) is 12.5 Å². The van der Waals surface area contributed by atoms with Gasteiger partial charge in [-0.1, -0.05) is 25.1 Å². The fourth-order valence-corrected chi connectivity index (χ4v) is 4.04. The highest BCUT2D eigenvalue weighted by Crippen LogP contribution is 2.38. The molecule has 0 aliphatic carbocycles. The summed E-state index contributed by atoms with van der Waals surface area (Å²) in [7, 11) is 0. The van der Waals surface area contributed by atoms with Gasteiger partial charge in [0.05, 0.1) is 16.8 Å². The Hall–Kier alpha value is -1.93. The highest BCUT2D eigenvalue weighted by Gasteiger charge is 2.37. The summed E-state index contributed by atoms with van der Waals surface area (Å²) in [6, 6.07) is 5.39. The quantitative estimate of drug-likeness (QED) is 0.821. The van der Waals surface area contributed by atoms with Gasteiger partial charge in [0.25, 0.3) is 5.91 Å². The van der Waals surface area contributed by atoms with Crippen molar-refractivity contribution in [2.75, 3.05) is 19.8 Å². The van der Waals surface area contributed by atoms with Crippen molar-refractivity contribution in [3.05, 3.63) is 51.5 Å². The number of thiazole rings is 1. The number of carbonyl (C=O) groups is 1. The minimum Gasteiger partial charge on any atom is -0.381 e. The molecule has 0 saturated carbocycles. The summed E-state index contributed by atoms with van der Waals surface area (Å²) in [5, 5.41) is 3.77. The molecular weight excluding hydrogens is 377 g/mol. The van der Waals surface area contributed by atoms with E-state index in [1.807, 2.05) is 6.92 Å². The summed E-state index contributed by atoms with van der Waals surface area (Å²) < 4.78 is 44.8. The molecule has 0 atom stereocenters. The lowest BCUT2D eigenvalue weighted by Crippen LogP contribution is -2.44. The number of alkyl halides is 3. The van der Waals surface area contributed by atoms with Crippen LogP contribution in [0.15, 0.2) is 30.5 Å². The summed E-state index contributed by atoms with van der Waals surface area (Å²) in [5.41, 5.74) is -0.667. The monoisotopic (exact) mass is 398 g/mol. The number of hydrogen-bond acceptors (Lipinski definition) is 4. The average Bonchev–Trinajstić information content (AvgIpc) is 3.16. The number of rotatable bonds is 5. The SMILES string of the molecule is CCc1ncc(C(=O)NCC2(c3cccc(C(F)(F)F)c3)CCOCC2)s1. The van der Waals surface area contributed by atoms with Gasteiger partial charge < -0.3 is 10.1 Å². The second-order valence-electron chi connectivity index (χ2n) is 6.63. The highest BCUT2D eigenvalue weighted by molar-refractivity contribution is 7.13. The number of carbonyl (C=O) groups excluding carboxylic acids is 1. The number of nitrogens with zero attached hydrogens (tertiary/aromatic N) is 1. The molecular formula is C19H21F3N2O2S. The first-order valence-electron chi connectivity index (χ1n) is 8.82. The van der Waals surface area contributed by atoms with Gasteiger partial charge in [-0.15, -0.1) is 11.3 Å². The number of aromatic nitrogens is 1. The third-order valence-electron chi connectivity index (χ3n) is 4.92. The van der Waals surface area contributed by atoms with Gasteiger partial charge in [0.2, 0.25) is 0 Å². The van der Waals surface area contributed by atoms with Crippen LogP contribution in [0.1, 0.15) is 45.6 Å². The maximum Gasteiger partial charge on any atom is 0.416 e. The Kier molecular flexibility index (Phi) is 5.86. The molecule has 27 heavy (non-hydrogen) atoms. The lowest BCUT2D eigenvalue weighted by atomic mass is 9.73. The van der Waals surface area contributed by atoms with E-state index < -0.39 is 17.2 Å². The first-order chi connectivity index (χ1) is 12.8. The van der Waals surface area contributed by atoms with Gasteiger partial charge in [-0.2, -0.15) is 13.2 Å². The van der Waals surface area contributed by atoms with Crippen LogP contribution in [0.25, 0.3) is 0 Å². The minimum atomic E-state index is -4.40. The van der Waals surface area contributed by atoms with Gasteiger partial charge in [0, 0.05) is 25.2 Å². The molecule has 146 valence electrons. The Balaban J connectivity index is 1.82. The summed E-state index contributed by atoms with van der Waals surface area (Å²) in [4.78, 5) is 17.2. The van der Waals surface area contributed by atoms with Crippen LogP contribution in [-0.4, -0.2) is 30.6 Å². The Morgan fingerprint density at radius 2 is 2.07 bits per heavy atom. The molecule has 0 radical (unpaired) electrons. The second-order valence-corrected chi connectivity index (χ2v) is 7.74. The first-order valence-corrected chi connectivity index (χ1v) is 9.64. The zero-order chi connectivity index (χ0) is 19.5. The molecule has 2 aromatic rings. The maximum absolute atomic E-state index is 13.1. The highest BCUT2D eigenvalue weighted by atomic mass is 32.1. The van der Waals surface area contributed by atoms with E-state index in [0.717, 1.165) is 17.5 Å². The number of benzene rings is 1. The van der Waals surface area contributed by atoms with Crippen LogP contribution >= 0.6 is 11.3 Å². The van der Waals surface area contributed by atoms with E-state index in [0.29, 0.717) is 36.5 Å². The number of nitrogens with one attached hydrogen (secondary N) is 1. The van der Waals surface area contributed by atoms with Gasteiger partial charge in [-0.05, 0) is 30.9 Å². The van der Waals surface area contributed by atoms with Crippen molar-refractivity contribution in [3.8, 4) is 0 Å². The number of aryl methyl sites for hydroxylation is 1. The molecule has 1 N–H and O–H groups in total. The summed E-state index contributed by atoms with van der Waals surface area (Å²) in [5.74, 6) is -0.245. The molecule has 4 nitrogen and oxygen atoms in total. The van der Waals surface area contributed by atoms with Crippen molar-refractivity contribution >= 4 is 17.2 Å². The number of amides is 1. The molecule has 1 aromatic heterocycles. The summed E-state index contributed by atoms with van der Waals surface area (Å²) >= 11 is 1.33. The van der Waals surface area contributed by atoms with E-state index in [1.165, 1.54) is 23.5 Å². The fourth-order valence-electron chi connectivity index (χ4n) is 3.27. The van der Waals surface area contributed by atoms with E-state index in [1.54, 1.807) is 12.3 Å². The fraction of sp³-hybridized carbons (Fsp3) is 0.474. The molecule has 8 heteroatoms. The number of ether oxygens (including phenoxy) is 1. The Bertz CT molecular complexity index is 798. The Labute approximate surface area is 159 Å². The van der Waals surface area contributed by atoms with Gasteiger partial charge in [0.1, 0.15) is 4.88 Å². The number of halogens is 3. The summed E-state index contributed by atoms with van der Waals surface area (Å²) in [6.07, 6.45) is -0.997.